The van der Waals surface area contributed by atoms with Gasteiger partial charge in [0, 0.05) is 23.8 Å². The van der Waals surface area contributed by atoms with Crippen molar-refractivity contribution in [3.8, 4) is 0 Å². The molecule has 1 aromatic rings. The fraction of sp³-hybridized carbons (Fsp3) is 0.375. The normalized spacial score (nSPS) is 17.7. The molecule has 0 amide bonds. The molecule has 0 spiro atoms. The molecule has 1 atom stereocenters. The smallest absolute Gasteiger partial charge is 0.120 e. The highest BCUT2D eigenvalue weighted by atomic mass is 35.5. The van der Waals surface area contributed by atoms with E-state index in [4.69, 9.17) is 23.1 Å². The third-order valence-electron chi connectivity index (χ3n) is 3.69. The van der Waals surface area contributed by atoms with Crippen LogP contribution in [0, 0.1) is 6.92 Å². The second-order valence-corrected chi connectivity index (χ2v) is 5.92. The van der Waals surface area contributed by atoms with E-state index in [9.17, 15) is 0 Å². The van der Waals surface area contributed by atoms with Crippen molar-refractivity contribution in [2.24, 2.45) is 11.5 Å². The maximum Gasteiger partial charge on any atom is 0.120 e. The highest BCUT2D eigenvalue weighted by Crippen LogP contribution is 2.32. The van der Waals surface area contributed by atoms with Crippen molar-refractivity contribution in [2.75, 3.05) is 13.1 Å². The number of nitrogens with zero attached hydrogens (tertiary/aromatic N) is 1. The zero-order chi connectivity index (χ0) is 15.6. The van der Waals surface area contributed by atoms with E-state index in [2.05, 4.69) is 30.1 Å². The van der Waals surface area contributed by atoms with E-state index in [0.717, 1.165) is 35.1 Å². The number of hydrogen-bond acceptors (Lipinski definition) is 4. The minimum Gasteiger partial charge on any atom is -0.402 e. The molecule has 1 unspecified atom stereocenters. The molecular weight excluding hydrogens is 284 g/mol. The van der Waals surface area contributed by atoms with Gasteiger partial charge in [-0.15, -0.1) is 0 Å². The van der Waals surface area contributed by atoms with Crippen LogP contribution in [0.2, 0.25) is 5.02 Å². The number of allylic oxidation sites excluding steroid dienone is 2. The van der Waals surface area contributed by atoms with Crippen LogP contribution in [0.5, 0.6) is 0 Å². The first-order chi connectivity index (χ1) is 9.90. The van der Waals surface area contributed by atoms with Gasteiger partial charge in [-0.1, -0.05) is 29.3 Å². The van der Waals surface area contributed by atoms with E-state index in [0.29, 0.717) is 5.82 Å². The molecule has 1 aliphatic heterocycles. The standard InChI is InChI=1S/C16H23ClN4/c1-10-4-5-14(17)13(8-10)12(3)21-7-6-20-16(19)15(21)9-11(2)18/h4-5,8-9,12,20H,6-7,18-19H2,1-3H3/b11-9-. The lowest BCUT2D eigenvalue weighted by Crippen LogP contribution is -2.42. The molecular formula is C16H23ClN4. The highest BCUT2D eigenvalue weighted by Gasteiger charge is 2.24. The molecule has 2 rings (SSSR count). The number of aryl methyl sites for hydroxylation is 1. The van der Waals surface area contributed by atoms with Gasteiger partial charge in [0.15, 0.2) is 0 Å². The van der Waals surface area contributed by atoms with Gasteiger partial charge in [-0.05, 0) is 38.5 Å². The molecule has 1 heterocycles. The second-order valence-electron chi connectivity index (χ2n) is 5.51. The zero-order valence-corrected chi connectivity index (χ0v) is 13.5. The summed E-state index contributed by atoms with van der Waals surface area (Å²) in [5, 5.41) is 3.96. The van der Waals surface area contributed by atoms with E-state index in [1.807, 2.05) is 25.1 Å². The van der Waals surface area contributed by atoms with Crippen molar-refractivity contribution < 1.29 is 0 Å². The lowest BCUT2D eigenvalue weighted by atomic mass is 10.0. The number of nitrogens with two attached hydrogens (primary N) is 2. The summed E-state index contributed by atoms with van der Waals surface area (Å²) in [5.41, 5.74) is 15.9. The average Bonchev–Trinajstić information content (AvgIpc) is 2.42. The Labute approximate surface area is 131 Å². The van der Waals surface area contributed by atoms with Crippen molar-refractivity contribution in [3.63, 3.8) is 0 Å². The van der Waals surface area contributed by atoms with Crippen LogP contribution in [-0.2, 0) is 0 Å². The topological polar surface area (TPSA) is 67.3 Å². The Hall–Kier alpha value is -1.81. The van der Waals surface area contributed by atoms with Crippen LogP contribution in [-0.4, -0.2) is 18.0 Å². The predicted molar refractivity (Wildman–Crippen MR) is 88.5 cm³/mol. The summed E-state index contributed by atoms with van der Waals surface area (Å²) in [6.45, 7) is 7.72. The van der Waals surface area contributed by atoms with E-state index in [1.165, 1.54) is 5.56 Å². The fourth-order valence-corrected chi connectivity index (χ4v) is 2.88. The Balaban J connectivity index is 2.41. The Morgan fingerprint density at radius 3 is 2.86 bits per heavy atom. The first-order valence-electron chi connectivity index (χ1n) is 7.10. The number of benzene rings is 1. The van der Waals surface area contributed by atoms with E-state index in [1.54, 1.807) is 0 Å². The molecule has 0 fully saturated rings. The summed E-state index contributed by atoms with van der Waals surface area (Å²) in [4.78, 5) is 2.24. The predicted octanol–water partition coefficient (Wildman–Crippen LogP) is 2.60. The number of nitrogens with one attached hydrogen (secondary N) is 1. The number of rotatable bonds is 3. The summed E-state index contributed by atoms with van der Waals surface area (Å²) in [7, 11) is 0. The molecule has 0 saturated carbocycles. The van der Waals surface area contributed by atoms with Crippen molar-refractivity contribution in [1.29, 1.82) is 0 Å². The van der Waals surface area contributed by atoms with E-state index < -0.39 is 0 Å². The zero-order valence-electron chi connectivity index (χ0n) is 12.8. The molecule has 0 radical (unpaired) electrons. The summed E-state index contributed by atoms with van der Waals surface area (Å²) < 4.78 is 0. The van der Waals surface area contributed by atoms with Crippen molar-refractivity contribution in [1.82, 2.24) is 10.2 Å². The first-order valence-corrected chi connectivity index (χ1v) is 7.48. The largest absolute Gasteiger partial charge is 0.402 e. The van der Waals surface area contributed by atoms with Crippen LogP contribution in [0.4, 0.5) is 0 Å². The molecule has 114 valence electrons. The molecule has 0 aromatic heterocycles. The van der Waals surface area contributed by atoms with Crippen LogP contribution in [0.1, 0.15) is 31.0 Å². The lowest BCUT2D eigenvalue weighted by Gasteiger charge is -2.37. The van der Waals surface area contributed by atoms with Gasteiger partial charge in [-0.25, -0.2) is 0 Å². The van der Waals surface area contributed by atoms with Crippen molar-refractivity contribution in [2.45, 2.75) is 26.8 Å². The maximum atomic E-state index is 6.37. The van der Waals surface area contributed by atoms with Gasteiger partial charge in [-0.2, -0.15) is 0 Å². The molecule has 0 aliphatic carbocycles. The van der Waals surface area contributed by atoms with E-state index >= 15 is 0 Å². The monoisotopic (exact) mass is 306 g/mol. The van der Waals surface area contributed by atoms with Crippen LogP contribution < -0.4 is 16.8 Å². The lowest BCUT2D eigenvalue weighted by molar-refractivity contribution is 0.261. The summed E-state index contributed by atoms with van der Waals surface area (Å²) in [6, 6.07) is 6.22. The quantitative estimate of drug-likeness (QED) is 0.803. The van der Waals surface area contributed by atoms with Gasteiger partial charge < -0.3 is 21.7 Å². The third kappa shape index (κ3) is 3.45. The van der Waals surface area contributed by atoms with Crippen LogP contribution in [0.3, 0.4) is 0 Å². The Bertz CT molecular complexity index is 588. The highest BCUT2D eigenvalue weighted by molar-refractivity contribution is 6.31. The number of halogens is 1. The average molecular weight is 307 g/mol. The number of hydrogen-bond donors (Lipinski definition) is 3. The molecule has 1 aliphatic rings. The Morgan fingerprint density at radius 1 is 1.48 bits per heavy atom. The molecule has 4 nitrogen and oxygen atoms in total. The van der Waals surface area contributed by atoms with Gasteiger partial charge in [0.2, 0.25) is 0 Å². The van der Waals surface area contributed by atoms with Crippen LogP contribution >= 0.6 is 11.6 Å². The first kappa shape index (κ1) is 15.6. The summed E-state index contributed by atoms with van der Waals surface area (Å²) in [6.07, 6.45) is 1.90. The molecule has 5 N–H and O–H groups in total. The minimum absolute atomic E-state index is 0.128. The Morgan fingerprint density at radius 2 is 2.19 bits per heavy atom. The summed E-state index contributed by atoms with van der Waals surface area (Å²) in [5.74, 6) is 0.654. The van der Waals surface area contributed by atoms with Crippen LogP contribution in [0.25, 0.3) is 0 Å². The van der Waals surface area contributed by atoms with Gasteiger partial charge in [0.25, 0.3) is 0 Å². The van der Waals surface area contributed by atoms with Gasteiger partial charge in [-0.3, -0.25) is 0 Å². The van der Waals surface area contributed by atoms with Crippen molar-refractivity contribution in [3.05, 3.63) is 57.6 Å². The van der Waals surface area contributed by atoms with Crippen LogP contribution in [0.15, 0.2) is 41.5 Å². The maximum absolute atomic E-state index is 6.37. The van der Waals surface area contributed by atoms with E-state index in [-0.39, 0.29) is 6.04 Å². The molecule has 0 saturated heterocycles. The molecule has 5 heteroatoms. The van der Waals surface area contributed by atoms with Gasteiger partial charge >= 0.3 is 0 Å². The second kappa shape index (κ2) is 6.31. The molecule has 1 aromatic carbocycles. The Kier molecular flexibility index (Phi) is 4.68. The minimum atomic E-state index is 0.128. The third-order valence-corrected chi connectivity index (χ3v) is 4.03. The molecule has 21 heavy (non-hydrogen) atoms. The van der Waals surface area contributed by atoms with Gasteiger partial charge in [0.1, 0.15) is 5.82 Å². The summed E-state index contributed by atoms with van der Waals surface area (Å²) >= 11 is 6.37. The molecule has 0 bridgehead atoms. The SMILES string of the molecule is C/C(N)=C/C1=C(N)NCCN1C(C)c1cc(C)ccc1Cl. The van der Waals surface area contributed by atoms with Crippen molar-refractivity contribution >= 4 is 11.6 Å². The van der Waals surface area contributed by atoms with Gasteiger partial charge in [0.05, 0.1) is 11.7 Å². The fourth-order valence-electron chi connectivity index (χ4n) is 2.61.